The highest BCUT2D eigenvalue weighted by molar-refractivity contribution is 6.30. The zero-order chi connectivity index (χ0) is 16.1. The lowest BCUT2D eigenvalue weighted by Crippen LogP contribution is -2.27. The molecular formula is C16H14ClF2NO2. The number of aliphatic hydroxyl groups excluding tert-OH is 1. The number of nitrogens with one attached hydrogen (secondary N) is 1. The fourth-order valence-corrected chi connectivity index (χ4v) is 2.20. The van der Waals surface area contributed by atoms with Gasteiger partial charge >= 0.3 is 0 Å². The van der Waals surface area contributed by atoms with E-state index in [0.717, 1.165) is 12.1 Å². The van der Waals surface area contributed by atoms with E-state index in [1.807, 2.05) is 0 Å². The molecule has 1 atom stereocenters. The second kappa shape index (κ2) is 7.33. The number of aliphatic hydroxyl groups is 1. The van der Waals surface area contributed by atoms with Gasteiger partial charge in [-0.05, 0) is 36.2 Å². The van der Waals surface area contributed by atoms with Crippen LogP contribution in [-0.2, 0) is 0 Å². The van der Waals surface area contributed by atoms with Gasteiger partial charge in [0.25, 0.3) is 5.91 Å². The molecule has 0 radical (unpaired) electrons. The number of carbonyl (C=O) groups is 1. The number of hydrogen-bond donors (Lipinski definition) is 2. The number of halogens is 3. The molecule has 0 aliphatic rings. The van der Waals surface area contributed by atoms with Crippen LogP contribution in [0.5, 0.6) is 0 Å². The first-order chi connectivity index (χ1) is 10.5. The quantitative estimate of drug-likeness (QED) is 0.884. The summed E-state index contributed by atoms with van der Waals surface area (Å²) in [5.74, 6) is -2.70. The highest BCUT2D eigenvalue weighted by Gasteiger charge is 2.17. The maximum Gasteiger partial charge on any atom is 0.257 e. The van der Waals surface area contributed by atoms with E-state index in [-0.39, 0.29) is 13.0 Å². The van der Waals surface area contributed by atoms with Gasteiger partial charge in [0.1, 0.15) is 17.2 Å². The Hall–Kier alpha value is -1.98. The van der Waals surface area contributed by atoms with Crippen molar-refractivity contribution in [3.05, 3.63) is 70.2 Å². The van der Waals surface area contributed by atoms with Gasteiger partial charge in [0.15, 0.2) is 0 Å². The van der Waals surface area contributed by atoms with Crippen LogP contribution in [0.15, 0.2) is 42.5 Å². The highest BCUT2D eigenvalue weighted by atomic mass is 35.5. The Morgan fingerprint density at radius 2 is 1.82 bits per heavy atom. The molecule has 3 nitrogen and oxygen atoms in total. The van der Waals surface area contributed by atoms with E-state index in [2.05, 4.69) is 5.32 Å². The Morgan fingerprint density at radius 1 is 1.18 bits per heavy atom. The third kappa shape index (κ3) is 4.02. The molecule has 2 aromatic carbocycles. The van der Waals surface area contributed by atoms with Crippen molar-refractivity contribution in [1.82, 2.24) is 5.32 Å². The third-order valence-corrected chi connectivity index (χ3v) is 3.36. The predicted octanol–water partition coefficient (Wildman–Crippen LogP) is 3.47. The largest absolute Gasteiger partial charge is 0.388 e. The molecule has 0 saturated carbocycles. The lowest BCUT2D eigenvalue weighted by molar-refractivity contribution is 0.0934. The summed E-state index contributed by atoms with van der Waals surface area (Å²) < 4.78 is 26.9. The molecule has 22 heavy (non-hydrogen) atoms. The van der Waals surface area contributed by atoms with Crippen LogP contribution in [-0.4, -0.2) is 17.6 Å². The maximum absolute atomic E-state index is 13.4. The molecule has 1 amide bonds. The average Bonchev–Trinajstić information content (AvgIpc) is 2.47. The molecule has 0 aromatic heterocycles. The molecule has 0 fully saturated rings. The number of carbonyl (C=O) groups excluding carboxylic acids is 1. The minimum Gasteiger partial charge on any atom is -0.388 e. The maximum atomic E-state index is 13.4. The smallest absolute Gasteiger partial charge is 0.257 e. The van der Waals surface area contributed by atoms with Gasteiger partial charge in [-0.2, -0.15) is 0 Å². The number of amides is 1. The fraction of sp³-hybridized carbons (Fsp3) is 0.188. The summed E-state index contributed by atoms with van der Waals surface area (Å²) in [6.45, 7) is 0.0697. The summed E-state index contributed by atoms with van der Waals surface area (Å²) >= 11 is 5.82. The van der Waals surface area contributed by atoms with Gasteiger partial charge in [0.05, 0.1) is 6.10 Å². The summed E-state index contributed by atoms with van der Waals surface area (Å²) in [5, 5.41) is 12.9. The van der Waals surface area contributed by atoms with E-state index in [1.165, 1.54) is 6.07 Å². The summed E-state index contributed by atoms with van der Waals surface area (Å²) in [5.41, 5.74) is -0.0152. The zero-order valence-electron chi connectivity index (χ0n) is 11.5. The predicted molar refractivity (Wildman–Crippen MR) is 79.7 cm³/mol. The Kier molecular flexibility index (Phi) is 5.46. The molecule has 0 saturated heterocycles. The molecular weight excluding hydrogens is 312 g/mol. The summed E-state index contributed by atoms with van der Waals surface area (Å²) in [4.78, 5) is 11.8. The summed E-state index contributed by atoms with van der Waals surface area (Å²) in [6.07, 6.45) is -0.633. The Labute approximate surface area is 131 Å². The zero-order valence-corrected chi connectivity index (χ0v) is 12.3. The molecule has 2 rings (SSSR count). The lowest BCUT2D eigenvalue weighted by atomic mass is 10.1. The fourth-order valence-electron chi connectivity index (χ4n) is 2.01. The van der Waals surface area contributed by atoms with E-state index in [4.69, 9.17) is 11.6 Å². The van der Waals surface area contributed by atoms with Crippen LogP contribution in [0.2, 0.25) is 5.02 Å². The van der Waals surface area contributed by atoms with E-state index >= 15 is 0 Å². The third-order valence-electron chi connectivity index (χ3n) is 3.13. The van der Waals surface area contributed by atoms with Crippen LogP contribution >= 0.6 is 11.6 Å². The minimum absolute atomic E-state index is 0.0697. The van der Waals surface area contributed by atoms with E-state index in [1.54, 1.807) is 24.3 Å². The highest BCUT2D eigenvalue weighted by Crippen LogP contribution is 2.20. The number of rotatable bonds is 5. The first kappa shape index (κ1) is 16.4. The van der Waals surface area contributed by atoms with Gasteiger partial charge in [-0.1, -0.05) is 29.8 Å². The van der Waals surface area contributed by atoms with Crippen LogP contribution < -0.4 is 5.32 Å². The SMILES string of the molecule is O=C(NCC[C@@H](O)c1cccc(Cl)c1)c1c(F)cccc1F. The first-order valence-corrected chi connectivity index (χ1v) is 7.02. The van der Waals surface area contributed by atoms with Crippen molar-refractivity contribution in [2.24, 2.45) is 0 Å². The van der Waals surface area contributed by atoms with Crippen molar-refractivity contribution < 1.29 is 18.7 Å². The minimum atomic E-state index is -0.923. The molecule has 0 aliphatic carbocycles. The van der Waals surface area contributed by atoms with Gasteiger partial charge in [-0.15, -0.1) is 0 Å². The topological polar surface area (TPSA) is 49.3 Å². The molecule has 2 N–H and O–H groups in total. The van der Waals surface area contributed by atoms with E-state index in [0.29, 0.717) is 10.6 Å². The van der Waals surface area contributed by atoms with Gasteiger partial charge in [0.2, 0.25) is 0 Å². The number of hydrogen-bond acceptors (Lipinski definition) is 2. The Balaban J connectivity index is 1.92. The van der Waals surface area contributed by atoms with Crippen LogP contribution in [0.4, 0.5) is 8.78 Å². The van der Waals surface area contributed by atoms with Gasteiger partial charge < -0.3 is 10.4 Å². The number of benzene rings is 2. The monoisotopic (exact) mass is 325 g/mol. The molecule has 116 valence electrons. The molecule has 0 spiro atoms. The standard InChI is InChI=1S/C16H14ClF2NO2/c17-11-4-1-3-10(9-11)14(21)7-8-20-16(22)15-12(18)5-2-6-13(15)19/h1-6,9,14,21H,7-8H2,(H,20,22)/t14-/m1/s1. The molecule has 2 aromatic rings. The van der Waals surface area contributed by atoms with Crippen molar-refractivity contribution in [3.8, 4) is 0 Å². The van der Waals surface area contributed by atoms with Crippen molar-refractivity contribution >= 4 is 17.5 Å². The van der Waals surface area contributed by atoms with Crippen LogP contribution in [0, 0.1) is 11.6 Å². The molecule has 6 heteroatoms. The molecule has 0 unspecified atom stereocenters. The molecule has 0 bridgehead atoms. The second-order valence-electron chi connectivity index (χ2n) is 4.71. The van der Waals surface area contributed by atoms with Gasteiger partial charge in [-0.25, -0.2) is 8.78 Å². The summed E-state index contributed by atoms with van der Waals surface area (Å²) in [7, 11) is 0. The molecule has 0 aliphatic heterocycles. The van der Waals surface area contributed by atoms with Crippen molar-refractivity contribution in [1.29, 1.82) is 0 Å². The van der Waals surface area contributed by atoms with E-state index in [9.17, 15) is 18.7 Å². The average molecular weight is 326 g/mol. The Bertz CT molecular complexity index is 659. The first-order valence-electron chi connectivity index (χ1n) is 6.65. The second-order valence-corrected chi connectivity index (χ2v) is 5.15. The van der Waals surface area contributed by atoms with Crippen molar-refractivity contribution in [2.45, 2.75) is 12.5 Å². The van der Waals surface area contributed by atoms with Gasteiger partial charge in [-0.3, -0.25) is 4.79 Å². The van der Waals surface area contributed by atoms with Crippen LogP contribution in [0.3, 0.4) is 0 Å². The van der Waals surface area contributed by atoms with Crippen molar-refractivity contribution in [2.75, 3.05) is 6.54 Å². The van der Waals surface area contributed by atoms with E-state index < -0.39 is 29.2 Å². The summed E-state index contributed by atoms with van der Waals surface area (Å²) in [6, 6.07) is 9.91. The van der Waals surface area contributed by atoms with Crippen LogP contribution in [0.1, 0.15) is 28.4 Å². The molecule has 0 heterocycles. The van der Waals surface area contributed by atoms with Gasteiger partial charge in [0, 0.05) is 11.6 Å². The van der Waals surface area contributed by atoms with Crippen molar-refractivity contribution in [3.63, 3.8) is 0 Å². The van der Waals surface area contributed by atoms with Crippen LogP contribution in [0.25, 0.3) is 0 Å². The lowest BCUT2D eigenvalue weighted by Gasteiger charge is -2.12. The normalized spacial score (nSPS) is 12.0. The Morgan fingerprint density at radius 3 is 2.45 bits per heavy atom.